The van der Waals surface area contributed by atoms with Gasteiger partial charge in [-0.1, -0.05) is 37.5 Å². The molecular weight excluding hydrogens is 544 g/mol. The largest absolute Gasteiger partial charge is 0.477 e. The van der Waals surface area contributed by atoms with Crippen LogP contribution in [0, 0.1) is 11.6 Å². The number of amides is 1. The SMILES string of the molecule is CN(C)C(=O)Cn1c(-c2ccc3nc(-c4c(F)cccc4F)ccc3c2)c(C2CCCCC2)c2sc(C(=O)O)cc21. The number of pyridine rings is 1. The monoisotopic (exact) mass is 573 g/mol. The Balaban J connectivity index is 1.56. The highest BCUT2D eigenvalue weighted by Gasteiger charge is 2.30. The van der Waals surface area contributed by atoms with Crippen LogP contribution in [0.4, 0.5) is 8.78 Å². The molecular formula is C32H29F2N3O3S. The van der Waals surface area contributed by atoms with E-state index in [-0.39, 0.29) is 34.5 Å². The highest BCUT2D eigenvalue weighted by atomic mass is 32.1. The average Bonchev–Trinajstić information content (AvgIpc) is 3.51. The third-order valence-electron chi connectivity index (χ3n) is 7.97. The number of fused-ring (bicyclic) bond motifs is 2. The van der Waals surface area contributed by atoms with E-state index in [2.05, 4.69) is 4.98 Å². The predicted octanol–water partition coefficient (Wildman–Crippen LogP) is 7.70. The summed E-state index contributed by atoms with van der Waals surface area (Å²) in [6.07, 6.45) is 5.37. The maximum atomic E-state index is 14.4. The van der Waals surface area contributed by atoms with Crippen molar-refractivity contribution >= 4 is 44.3 Å². The molecule has 0 atom stereocenters. The van der Waals surface area contributed by atoms with Gasteiger partial charge in [0.05, 0.1) is 32.7 Å². The quantitative estimate of drug-likeness (QED) is 0.226. The number of hydrogen-bond acceptors (Lipinski definition) is 4. The van der Waals surface area contributed by atoms with Gasteiger partial charge in [-0.2, -0.15) is 0 Å². The molecule has 1 fully saturated rings. The molecule has 41 heavy (non-hydrogen) atoms. The maximum absolute atomic E-state index is 14.4. The number of benzene rings is 2. The standard InChI is InChI=1S/C32H29F2N3O3S/c1-36(2)27(38)17-37-25-16-26(32(39)40)41-31(25)28(18-7-4-3-5-8-18)30(37)20-12-13-23-19(15-20)11-14-24(35-23)29-21(33)9-6-10-22(29)34/h6,9-16,18H,3-5,7-8,17H2,1-2H3,(H,39,40). The van der Waals surface area contributed by atoms with E-state index in [1.165, 1.54) is 40.9 Å². The third-order valence-corrected chi connectivity index (χ3v) is 9.12. The van der Waals surface area contributed by atoms with Crippen molar-refractivity contribution in [3.8, 4) is 22.5 Å². The number of carbonyl (C=O) groups is 2. The molecule has 9 heteroatoms. The highest BCUT2D eigenvalue weighted by molar-refractivity contribution is 7.21. The second kappa shape index (κ2) is 10.7. The van der Waals surface area contributed by atoms with E-state index in [0.717, 1.165) is 58.1 Å². The summed E-state index contributed by atoms with van der Waals surface area (Å²) in [4.78, 5) is 31.3. The molecule has 0 unspecified atom stereocenters. The second-order valence-electron chi connectivity index (χ2n) is 10.8. The number of aromatic carboxylic acids is 1. The first kappa shape index (κ1) is 27.1. The number of carboxylic acids is 1. The minimum absolute atomic E-state index is 0.0726. The van der Waals surface area contributed by atoms with Crippen LogP contribution in [0.5, 0.6) is 0 Å². The molecule has 1 saturated carbocycles. The molecule has 6 rings (SSSR count). The molecule has 1 aliphatic carbocycles. The van der Waals surface area contributed by atoms with Crippen LogP contribution in [0.15, 0.2) is 54.6 Å². The van der Waals surface area contributed by atoms with Crippen molar-refractivity contribution in [2.45, 2.75) is 44.6 Å². The molecule has 3 aromatic heterocycles. The fourth-order valence-corrected chi connectivity index (χ4v) is 7.06. The maximum Gasteiger partial charge on any atom is 0.345 e. The summed E-state index contributed by atoms with van der Waals surface area (Å²) in [5.41, 5.74) is 4.29. The molecule has 0 radical (unpaired) electrons. The van der Waals surface area contributed by atoms with Crippen LogP contribution in [0.25, 0.3) is 43.6 Å². The van der Waals surface area contributed by atoms with Gasteiger partial charge in [-0.25, -0.2) is 18.6 Å². The van der Waals surface area contributed by atoms with E-state index in [0.29, 0.717) is 5.52 Å². The fourth-order valence-electron chi connectivity index (χ4n) is 5.93. The fraction of sp³-hybridized carbons (Fsp3) is 0.281. The summed E-state index contributed by atoms with van der Waals surface area (Å²) in [6.45, 7) is 0.0726. The molecule has 1 aliphatic rings. The van der Waals surface area contributed by atoms with Gasteiger partial charge in [-0.05, 0) is 66.3 Å². The number of carboxylic acid groups (broad SMARTS) is 1. The predicted molar refractivity (Wildman–Crippen MR) is 157 cm³/mol. The number of nitrogens with zero attached hydrogens (tertiary/aromatic N) is 3. The Morgan fingerprint density at radius 2 is 1.76 bits per heavy atom. The number of aromatic nitrogens is 2. The van der Waals surface area contributed by atoms with Crippen LogP contribution in [0.3, 0.4) is 0 Å². The van der Waals surface area contributed by atoms with Gasteiger partial charge in [0.15, 0.2) is 0 Å². The van der Waals surface area contributed by atoms with Gasteiger partial charge in [0, 0.05) is 19.5 Å². The zero-order chi connectivity index (χ0) is 28.8. The van der Waals surface area contributed by atoms with Gasteiger partial charge >= 0.3 is 5.97 Å². The van der Waals surface area contributed by atoms with Crippen molar-refractivity contribution in [1.29, 1.82) is 0 Å². The minimum Gasteiger partial charge on any atom is -0.477 e. The molecule has 1 N–H and O–H groups in total. The lowest BCUT2D eigenvalue weighted by Gasteiger charge is -2.24. The lowest BCUT2D eigenvalue weighted by atomic mass is 9.83. The summed E-state index contributed by atoms with van der Waals surface area (Å²) in [5.74, 6) is -2.17. The molecule has 0 bridgehead atoms. The summed E-state index contributed by atoms with van der Waals surface area (Å²) >= 11 is 1.27. The molecule has 0 saturated heterocycles. The molecule has 2 aromatic carbocycles. The number of carbonyl (C=O) groups excluding carboxylic acids is 1. The van der Waals surface area contributed by atoms with Crippen LogP contribution in [0.2, 0.25) is 0 Å². The molecule has 210 valence electrons. The number of thiophene rings is 1. The molecule has 5 aromatic rings. The van der Waals surface area contributed by atoms with Crippen molar-refractivity contribution in [2.24, 2.45) is 0 Å². The van der Waals surface area contributed by atoms with Crippen molar-refractivity contribution in [1.82, 2.24) is 14.5 Å². The van der Waals surface area contributed by atoms with Crippen molar-refractivity contribution in [2.75, 3.05) is 14.1 Å². The summed E-state index contributed by atoms with van der Waals surface area (Å²) in [6, 6.07) is 14.6. The average molecular weight is 574 g/mol. The molecule has 6 nitrogen and oxygen atoms in total. The molecule has 0 aliphatic heterocycles. The van der Waals surface area contributed by atoms with Crippen molar-refractivity contribution in [3.05, 3.63) is 76.7 Å². The Bertz CT molecular complexity index is 1800. The molecule has 3 heterocycles. The van der Waals surface area contributed by atoms with Crippen LogP contribution >= 0.6 is 11.3 Å². The van der Waals surface area contributed by atoms with Crippen LogP contribution in [-0.4, -0.2) is 45.5 Å². The lowest BCUT2D eigenvalue weighted by Crippen LogP contribution is -2.26. The number of likely N-dealkylation sites (N-methyl/N-ethyl adjacent to an activating group) is 1. The molecule has 1 amide bonds. The van der Waals surface area contributed by atoms with Gasteiger partial charge in [0.1, 0.15) is 23.1 Å². The third kappa shape index (κ3) is 4.88. The zero-order valence-electron chi connectivity index (χ0n) is 22.8. The Kier molecular flexibility index (Phi) is 7.07. The lowest BCUT2D eigenvalue weighted by molar-refractivity contribution is -0.129. The normalized spacial score (nSPS) is 14.1. The minimum atomic E-state index is -0.980. The Hall–Kier alpha value is -4.11. The van der Waals surface area contributed by atoms with Gasteiger partial charge in [-0.15, -0.1) is 11.3 Å². The van der Waals surface area contributed by atoms with E-state index >= 15 is 0 Å². The number of rotatable bonds is 6. The van der Waals surface area contributed by atoms with Crippen LogP contribution in [-0.2, 0) is 11.3 Å². The zero-order valence-corrected chi connectivity index (χ0v) is 23.6. The van der Waals surface area contributed by atoms with E-state index in [1.54, 1.807) is 32.3 Å². The Morgan fingerprint density at radius 1 is 1.02 bits per heavy atom. The number of halogens is 2. The van der Waals surface area contributed by atoms with E-state index in [9.17, 15) is 23.5 Å². The second-order valence-corrected chi connectivity index (χ2v) is 11.9. The van der Waals surface area contributed by atoms with Gasteiger partial charge in [0.2, 0.25) is 5.91 Å². The van der Waals surface area contributed by atoms with Gasteiger partial charge < -0.3 is 14.6 Å². The Morgan fingerprint density at radius 3 is 2.44 bits per heavy atom. The summed E-state index contributed by atoms with van der Waals surface area (Å²) in [5, 5.41) is 10.6. The van der Waals surface area contributed by atoms with Crippen LogP contribution < -0.4 is 0 Å². The summed E-state index contributed by atoms with van der Waals surface area (Å²) < 4.78 is 31.8. The van der Waals surface area contributed by atoms with Crippen molar-refractivity contribution in [3.63, 3.8) is 0 Å². The molecule has 0 spiro atoms. The topological polar surface area (TPSA) is 75.4 Å². The van der Waals surface area contributed by atoms with E-state index in [4.69, 9.17) is 0 Å². The van der Waals surface area contributed by atoms with Gasteiger partial charge in [0.25, 0.3) is 0 Å². The van der Waals surface area contributed by atoms with Crippen LogP contribution in [0.1, 0.15) is 53.3 Å². The smallest absolute Gasteiger partial charge is 0.345 e. The van der Waals surface area contributed by atoms with E-state index in [1.807, 2.05) is 22.8 Å². The van der Waals surface area contributed by atoms with Gasteiger partial charge in [-0.3, -0.25) is 4.79 Å². The van der Waals surface area contributed by atoms with Crippen molar-refractivity contribution < 1.29 is 23.5 Å². The first-order valence-electron chi connectivity index (χ1n) is 13.7. The Labute approximate surface area is 239 Å². The first-order chi connectivity index (χ1) is 19.7. The van der Waals surface area contributed by atoms with E-state index < -0.39 is 17.6 Å². The summed E-state index contributed by atoms with van der Waals surface area (Å²) in [7, 11) is 3.41. The number of hydrogen-bond donors (Lipinski definition) is 1. The first-order valence-corrected chi connectivity index (χ1v) is 14.5. The highest BCUT2D eigenvalue weighted by Crippen LogP contribution is 2.47.